The van der Waals surface area contributed by atoms with Gasteiger partial charge < -0.3 is 15.6 Å². The smallest absolute Gasteiger partial charge is 0.338 e. The van der Waals surface area contributed by atoms with Crippen molar-refractivity contribution in [2.45, 2.75) is 12.5 Å². The van der Waals surface area contributed by atoms with E-state index in [2.05, 4.69) is 4.74 Å². The molecule has 1 aromatic carbocycles. The van der Waals surface area contributed by atoms with E-state index < -0.39 is 29.4 Å². The summed E-state index contributed by atoms with van der Waals surface area (Å²) in [5.74, 6) is -2.80. The van der Waals surface area contributed by atoms with Gasteiger partial charge in [0.15, 0.2) is 0 Å². The molecule has 0 amide bonds. The van der Waals surface area contributed by atoms with Crippen molar-refractivity contribution in [1.82, 2.24) is 0 Å². The highest BCUT2D eigenvalue weighted by Gasteiger charge is 2.16. The Balaban J connectivity index is 2.84. The first kappa shape index (κ1) is 13.1. The van der Waals surface area contributed by atoms with E-state index in [1.165, 1.54) is 13.2 Å². The second-order valence-electron chi connectivity index (χ2n) is 3.45. The number of nitrogens with two attached hydrogens (primary N) is 1. The Bertz CT molecular complexity index is 447. The molecule has 92 valence electrons. The topological polar surface area (TPSA) is 89.6 Å². The Kier molecular flexibility index (Phi) is 4.17. The molecule has 0 aromatic heterocycles. The summed E-state index contributed by atoms with van der Waals surface area (Å²) in [7, 11) is 1.20. The number of ether oxygens (including phenoxy) is 1. The van der Waals surface area contributed by atoms with Gasteiger partial charge in [-0.25, -0.2) is 9.18 Å². The highest BCUT2D eigenvalue weighted by molar-refractivity contribution is 5.88. The minimum Gasteiger partial charge on any atom is -0.478 e. The van der Waals surface area contributed by atoms with E-state index in [0.29, 0.717) is 5.56 Å². The van der Waals surface area contributed by atoms with Gasteiger partial charge in [0.05, 0.1) is 12.7 Å². The van der Waals surface area contributed by atoms with Crippen molar-refractivity contribution < 1.29 is 23.8 Å². The van der Waals surface area contributed by atoms with Gasteiger partial charge in [0.1, 0.15) is 11.9 Å². The van der Waals surface area contributed by atoms with Crippen LogP contribution in [-0.2, 0) is 16.0 Å². The molecule has 0 spiro atoms. The van der Waals surface area contributed by atoms with Crippen molar-refractivity contribution in [3.05, 3.63) is 35.1 Å². The monoisotopic (exact) mass is 241 g/mol. The van der Waals surface area contributed by atoms with Gasteiger partial charge in [-0.3, -0.25) is 4.79 Å². The summed E-state index contributed by atoms with van der Waals surface area (Å²) in [6.45, 7) is 0. The lowest BCUT2D eigenvalue weighted by molar-refractivity contribution is -0.142. The number of esters is 1. The zero-order chi connectivity index (χ0) is 13.0. The van der Waals surface area contributed by atoms with Crippen LogP contribution in [0.4, 0.5) is 4.39 Å². The predicted octanol–water partition coefficient (Wildman–Crippen LogP) is 0.567. The van der Waals surface area contributed by atoms with Crippen LogP contribution in [0.15, 0.2) is 18.2 Å². The van der Waals surface area contributed by atoms with Crippen LogP contribution in [0.5, 0.6) is 0 Å². The number of rotatable bonds is 4. The summed E-state index contributed by atoms with van der Waals surface area (Å²) in [4.78, 5) is 21.6. The van der Waals surface area contributed by atoms with Crippen LogP contribution in [-0.4, -0.2) is 30.2 Å². The molecule has 5 nitrogen and oxygen atoms in total. The number of hydrogen-bond donors (Lipinski definition) is 2. The minimum atomic E-state index is -1.34. The quantitative estimate of drug-likeness (QED) is 0.752. The van der Waals surface area contributed by atoms with Crippen molar-refractivity contribution in [2.24, 2.45) is 5.73 Å². The van der Waals surface area contributed by atoms with E-state index in [0.717, 1.165) is 12.1 Å². The average Bonchev–Trinajstić information content (AvgIpc) is 2.27. The molecule has 0 saturated heterocycles. The van der Waals surface area contributed by atoms with Crippen molar-refractivity contribution >= 4 is 11.9 Å². The van der Waals surface area contributed by atoms with Gasteiger partial charge in [-0.15, -0.1) is 0 Å². The van der Waals surface area contributed by atoms with Crippen LogP contribution >= 0.6 is 0 Å². The van der Waals surface area contributed by atoms with Crippen LogP contribution in [0.25, 0.3) is 0 Å². The highest BCUT2D eigenvalue weighted by atomic mass is 19.1. The summed E-state index contributed by atoms with van der Waals surface area (Å²) in [5, 5.41) is 8.63. The first-order valence-electron chi connectivity index (χ1n) is 4.81. The molecule has 0 aliphatic carbocycles. The lowest BCUT2D eigenvalue weighted by Crippen LogP contribution is -2.33. The molecule has 0 fully saturated rings. The maximum atomic E-state index is 13.3. The van der Waals surface area contributed by atoms with Gasteiger partial charge >= 0.3 is 11.9 Å². The number of carboxylic acid groups (broad SMARTS) is 1. The number of halogens is 1. The van der Waals surface area contributed by atoms with E-state index in [9.17, 15) is 14.0 Å². The van der Waals surface area contributed by atoms with Gasteiger partial charge in [0.25, 0.3) is 0 Å². The molecule has 3 N–H and O–H groups in total. The number of benzene rings is 1. The molecule has 0 unspecified atom stereocenters. The standard InChI is InChI=1S/C11H12FNO4/c1-17-11(16)9(13)5-6-2-3-7(10(14)15)8(12)4-6/h2-4,9H,5,13H2,1H3,(H,14,15)/t9-/m0/s1. The van der Waals surface area contributed by atoms with Crippen molar-refractivity contribution in [3.63, 3.8) is 0 Å². The molecule has 0 aliphatic heterocycles. The summed E-state index contributed by atoms with van der Waals surface area (Å²) in [6, 6.07) is 2.70. The number of carboxylic acids is 1. The molecule has 0 heterocycles. The summed E-state index contributed by atoms with van der Waals surface area (Å²) in [6.07, 6.45) is 0.0868. The van der Waals surface area contributed by atoms with E-state index in [1.807, 2.05) is 0 Å². The van der Waals surface area contributed by atoms with E-state index in [-0.39, 0.29) is 6.42 Å². The Morgan fingerprint density at radius 1 is 1.53 bits per heavy atom. The number of carbonyl (C=O) groups excluding carboxylic acids is 1. The van der Waals surface area contributed by atoms with Gasteiger partial charge in [-0.05, 0) is 24.1 Å². The maximum absolute atomic E-state index is 13.3. The molecule has 0 saturated carbocycles. The van der Waals surface area contributed by atoms with Crippen molar-refractivity contribution in [1.29, 1.82) is 0 Å². The Hall–Kier alpha value is -1.95. The van der Waals surface area contributed by atoms with Gasteiger partial charge in [-0.1, -0.05) is 6.07 Å². The van der Waals surface area contributed by atoms with Gasteiger partial charge in [-0.2, -0.15) is 0 Å². The van der Waals surface area contributed by atoms with Crippen molar-refractivity contribution in [2.75, 3.05) is 7.11 Å². The third-order valence-corrected chi connectivity index (χ3v) is 2.22. The molecule has 0 aliphatic rings. The minimum absolute atomic E-state index is 0.0868. The molecule has 1 aromatic rings. The summed E-state index contributed by atoms with van der Waals surface area (Å²) >= 11 is 0. The Labute approximate surface area is 97.0 Å². The molecule has 1 atom stereocenters. The third kappa shape index (κ3) is 3.25. The lowest BCUT2D eigenvalue weighted by Gasteiger charge is -2.09. The van der Waals surface area contributed by atoms with Gasteiger partial charge in [0.2, 0.25) is 0 Å². The number of methoxy groups -OCH3 is 1. The summed E-state index contributed by atoms with van der Waals surface area (Å²) < 4.78 is 17.7. The van der Waals surface area contributed by atoms with E-state index in [4.69, 9.17) is 10.8 Å². The highest BCUT2D eigenvalue weighted by Crippen LogP contribution is 2.12. The average molecular weight is 241 g/mol. The second kappa shape index (κ2) is 5.40. The summed E-state index contributed by atoms with van der Waals surface area (Å²) in [5.41, 5.74) is 5.51. The largest absolute Gasteiger partial charge is 0.478 e. The van der Waals surface area contributed by atoms with E-state index >= 15 is 0 Å². The fourth-order valence-electron chi connectivity index (χ4n) is 1.35. The normalized spacial score (nSPS) is 11.9. The number of carbonyl (C=O) groups is 2. The lowest BCUT2D eigenvalue weighted by atomic mass is 10.0. The van der Waals surface area contributed by atoms with E-state index in [1.54, 1.807) is 0 Å². The molecule has 17 heavy (non-hydrogen) atoms. The third-order valence-electron chi connectivity index (χ3n) is 2.22. The van der Waals surface area contributed by atoms with Crippen LogP contribution < -0.4 is 5.73 Å². The first-order valence-corrected chi connectivity index (χ1v) is 4.81. The van der Waals surface area contributed by atoms with Gasteiger partial charge in [0, 0.05) is 0 Å². The number of hydrogen-bond acceptors (Lipinski definition) is 4. The molecular weight excluding hydrogens is 229 g/mol. The van der Waals surface area contributed by atoms with Crippen molar-refractivity contribution in [3.8, 4) is 0 Å². The van der Waals surface area contributed by atoms with Crippen LogP contribution in [0, 0.1) is 5.82 Å². The fourth-order valence-corrected chi connectivity index (χ4v) is 1.35. The molecule has 6 heteroatoms. The molecule has 0 bridgehead atoms. The zero-order valence-corrected chi connectivity index (χ0v) is 9.14. The number of aromatic carboxylic acids is 1. The first-order chi connectivity index (χ1) is 7.95. The molecular formula is C11H12FNO4. The fraction of sp³-hybridized carbons (Fsp3) is 0.273. The molecule has 0 radical (unpaired) electrons. The molecule has 1 rings (SSSR count). The Morgan fingerprint density at radius 3 is 2.65 bits per heavy atom. The maximum Gasteiger partial charge on any atom is 0.338 e. The van der Waals surface area contributed by atoms with Crippen LogP contribution in [0.1, 0.15) is 15.9 Å². The second-order valence-corrected chi connectivity index (χ2v) is 3.45. The Morgan fingerprint density at radius 2 is 2.18 bits per heavy atom. The SMILES string of the molecule is COC(=O)[C@@H](N)Cc1ccc(C(=O)O)c(F)c1. The zero-order valence-electron chi connectivity index (χ0n) is 9.14. The van der Waals surface area contributed by atoms with Crippen LogP contribution in [0.2, 0.25) is 0 Å². The van der Waals surface area contributed by atoms with Crippen LogP contribution in [0.3, 0.4) is 0 Å². The predicted molar refractivity (Wildman–Crippen MR) is 57.1 cm³/mol.